The molecule has 0 radical (unpaired) electrons. The second kappa shape index (κ2) is 8.52. The number of aryl methyl sites for hydroxylation is 2. The zero-order valence-corrected chi connectivity index (χ0v) is 16.9. The third kappa shape index (κ3) is 4.43. The fourth-order valence-corrected chi connectivity index (χ4v) is 2.90. The molecule has 0 fully saturated rings. The summed E-state index contributed by atoms with van der Waals surface area (Å²) in [6.07, 6.45) is 2.69. The number of benzene rings is 1. The van der Waals surface area contributed by atoms with Crippen molar-refractivity contribution in [2.75, 3.05) is 24.3 Å². The van der Waals surface area contributed by atoms with E-state index >= 15 is 0 Å². The quantitative estimate of drug-likeness (QED) is 0.736. The number of hydrogen-bond acceptors (Lipinski definition) is 4. The lowest BCUT2D eigenvalue weighted by Gasteiger charge is -2.19. The summed E-state index contributed by atoms with van der Waals surface area (Å²) in [5.41, 5.74) is 4.87. The SMILES string of the molecule is CCc1nc(-c2ccc(N(C)C)cc2Cl)c(CC)nc1NC(C)CC. The minimum absolute atomic E-state index is 0.373. The Balaban J connectivity index is 2.54. The highest BCUT2D eigenvalue weighted by Crippen LogP contribution is 2.33. The molecule has 25 heavy (non-hydrogen) atoms. The minimum atomic E-state index is 0.373. The Hall–Kier alpha value is -1.81. The van der Waals surface area contributed by atoms with Crippen molar-refractivity contribution in [1.82, 2.24) is 9.97 Å². The standard InChI is InChI=1S/C20H29ClN4/c1-7-13(4)22-20-18(9-3)23-19(17(8-2)24-20)15-11-10-14(25(5)6)12-16(15)21/h10-13H,7-9H2,1-6H3,(H,22,24). The molecule has 1 N–H and O–H groups in total. The fourth-order valence-electron chi connectivity index (χ4n) is 2.64. The molecular formula is C20H29ClN4. The number of nitrogens with one attached hydrogen (secondary N) is 1. The van der Waals surface area contributed by atoms with Crippen molar-refractivity contribution >= 4 is 23.1 Å². The molecule has 0 spiro atoms. The smallest absolute Gasteiger partial charge is 0.148 e. The maximum absolute atomic E-state index is 6.57. The summed E-state index contributed by atoms with van der Waals surface area (Å²) >= 11 is 6.57. The van der Waals surface area contributed by atoms with Crippen LogP contribution in [0.1, 0.15) is 45.5 Å². The molecule has 1 heterocycles. The first-order valence-corrected chi connectivity index (χ1v) is 9.42. The van der Waals surface area contributed by atoms with Gasteiger partial charge in [-0.2, -0.15) is 0 Å². The van der Waals surface area contributed by atoms with Crippen LogP contribution < -0.4 is 10.2 Å². The third-order valence-corrected chi connectivity index (χ3v) is 4.74. The van der Waals surface area contributed by atoms with E-state index in [9.17, 15) is 0 Å². The van der Waals surface area contributed by atoms with E-state index in [-0.39, 0.29) is 0 Å². The van der Waals surface area contributed by atoms with E-state index in [0.717, 1.165) is 53.4 Å². The number of nitrogens with zero attached hydrogens (tertiary/aromatic N) is 3. The lowest BCUT2D eigenvalue weighted by Crippen LogP contribution is -2.18. The van der Waals surface area contributed by atoms with Crippen molar-refractivity contribution in [2.45, 2.75) is 53.0 Å². The molecule has 1 atom stereocenters. The van der Waals surface area contributed by atoms with E-state index in [0.29, 0.717) is 11.1 Å². The van der Waals surface area contributed by atoms with Gasteiger partial charge in [0, 0.05) is 31.4 Å². The minimum Gasteiger partial charge on any atom is -0.378 e. The molecule has 0 saturated carbocycles. The Morgan fingerprint density at radius 1 is 1.08 bits per heavy atom. The predicted octanol–water partition coefficient (Wildman–Crippen LogP) is 5.20. The van der Waals surface area contributed by atoms with Crippen molar-refractivity contribution in [1.29, 1.82) is 0 Å². The summed E-state index contributed by atoms with van der Waals surface area (Å²) in [6, 6.07) is 6.47. The molecule has 2 rings (SSSR count). The van der Waals surface area contributed by atoms with Crippen LogP contribution in [0.4, 0.5) is 11.5 Å². The number of halogens is 1. The van der Waals surface area contributed by atoms with Gasteiger partial charge < -0.3 is 10.2 Å². The van der Waals surface area contributed by atoms with Gasteiger partial charge in [0.15, 0.2) is 0 Å². The van der Waals surface area contributed by atoms with Crippen molar-refractivity contribution in [3.63, 3.8) is 0 Å². The average molecular weight is 361 g/mol. The van der Waals surface area contributed by atoms with Crippen LogP contribution in [0.15, 0.2) is 18.2 Å². The van der Waals surface area contributed by atoms with Crippen LogP contribution in [0.25, 0.3) is 11.3 Å². The van der Waals surface area contributed by atoms with E-state index in [1.807, 2.05) is 31.1 Å². The van der Waals surface area contributed by atoms with E-state index in [2.05, 4.69) is 39.1 Å². The second-order valence-electron chi connectivity index (χ2n) is 6.53. The van der Waals surface area contributed by atoms with Crippen molar-refractivity contribution < 1.29 is 0 Å². The zero-order valence-electron chi connectivity index (χ0n) is 16.2. The maximum atomic E-state index is 6.57. The fraction of sp³-hybridized carbons (Fsp3) is 0.500. The van der Waals surface area contributed by atoms with Crippen LogP contribution in [0.5, 0.6) is 0 Å². The summed E-state index contributed by atoms with van der Waals surface area (Å²) in [7, 11) is 4.01. The molecule has 4 nitrogen and oxygen atoms in total. The summed E-state index contributed by atoms with van der Waals surface area (Å²) in [5.74, 6) is 0.901. The van der Waals surface area contributed by atoms with Crippen molar-refractivity contribution in [3.8, 4) is 11.3 Å². The Morgan fingerprint density at radius 2 is 1.76 bits per heavy atom. The van der Waals surface area contributed by atoms with Crippen molar-refractivity contribution in [2.24, 2.45) is 0 Å². The van der Waals surface area contributed by atoms with Crippen LogP contribution in [-0.4, -0.2) is 30.1 Å². The Kier molecular flexibility index (Phi) is 6.65. The summed E-state index contributed by atoms with van der Waals surface area (Å²) < 4.78 is 0. The number of aromatic nitrogens is 2. The average Bonchev–Trinajstić information content (AvgIpc) is 2.61. The molecule has 1 aromatic carbocycles. The van der Waals surface area contributed by atoms with Gasteiger partial charge in [0.25, 0.3) is 0 Å². The lowest BCUT2D eigenvalue weighted by atomic mass is 10.1. The van der Waals surface area contributed by atoms with Gasteiger partial charge in [-0.15, -0.1) is 0 Å². The molecule has 136 valence electrons. The normalized spacial score (nSPS) is 12.1. The number of anilines is 2. The van der Waals surface area contributed by atoms with Gasteiger partial charge in [0.05, 0.1) is 22.1 Å². The topological polar surface area (TPSA) is 41.1 Å². The molecular weight excluding hydrogens is 332 g/mol. The molecule has 0 aliphatic heterocycles. The molecule has 0 amide bonds. The van der Waals surface area contributed by atoms with Gasteiger partial charge in [-0.1, -0.05) is 32.4 Å². The number of hydrogen-bond donors (Lipinski definition) is 1. The van der Waals surface area contributed by atoms with Gasteiger partial charge in [-0.05, 0) is 44.4 Å². The Labute approximate surface area is 156 Å². The van der Waals surface area contributed by atoms with Gasteiger partial charge in [0.2, 0.25) is 0 Å². The van der Waals surface area contributed by atoms with Crippen LogP contribution in [0.2, 0.25) is 5.02 Å². The first kappa shape index (κ1) is 19.5. The molecule has 1 unspecified atom stereocenters. The van der Waals surface area contributed by atoms with E-state index < -0.39 is 0 Å². The van der Waals surface area contributed by atoms with E-state index in [1.165, 1.54) is 0 Å². The second-order valence-corrected chi connectivity index (χ2v) is 6.94. The molecule has 2 aromatic rings. The Bertz CT molecular complexity index is 728. The molecule has 0 aliphatic rings. The maximum Gasteiger partial charge on any atom is 0.148 e. The molecule has 0 saturated heterocycles. The highest BCUT2D eigenvalue weighted by molar-refractivity contribution is 6.33. The lowest BCUT2D eigenvalue weighted by molar-refractivity contribution is 0.751. The largest absolute Gasteiger partial charge is 0.378 e. The molecule has 0 bridgehead atoms. The van der Waals surface area contributed by atoms with Gasteiger partial charge in [-0.25, -0.2) is 9.97 Å². The van der Waals surface area contributed by atoms with Crippen LogP contribution in [-0.2, 0) is 12.8 Å². The zero-order chi connectivity index (χ0) is 18.6. The van der Waals surface area contributed by atoms with Gasteiger partial charge >= 0.3 is 0 Å². The summed E-state index contributed by atoms with van der Waals surface area (Å²) in [4.78, 5) is 11.9. The first-order chi connectivity index (χ1) is 11.9. The van der Waals surface area contributed by atoms with E-state index in [1.54, 1.807) is 0 Å². The van der Waals surface area contributed by atoms with Crippen molar-refractivity contribution in [3.05, 3.63) is 34.6 Å². The third-order valence-electron chi connectivity index (χ3n) is 4.43. The number of rotatable bonds is 7. The highest BCUT2D eigenvalue weighted by Gasteiger charge is 2.17. The van der Waals surface area contributed by atoms with Gasteiger partial charge in [0.1, 0.15) is 5.82 Å². The molecule has 0 aliphatic carbocycles. The highest BCUT2D eigenvalue weighted by atomic mass is 35.5. The Morgan fingerprint density at radius 3 is 2.28 bits per heavy atom. The summed E-state index contributed by atoms with van der Waals surface area (Å²) in [6.45, 7) is 8.54. The van der Waals surface area contributed by atoms with Crippen LogP contribution in [0, 0.1) is 0 Å². The molecule has 1 aromatic heterocycles. The van der Waals surface area contributed by atoms with Crippen LogP contribution in [0.3, 0.4) is 0 Å². The first-order valence-electron chi connectivity index (χ1n) is 9.04. The van der Waals surface area contributed by atoms with E-state index in [4.69, 9.17) is 21.6 Å². The monoisotopic (exact) mass is 360 g/mol. The van der Waals surface area contributed by atoms with Crippen LogP contribution >= 0.6 is 11.6 Å². The predicted molar refractivity (Wildman–Crippen MR) is 109 cm³/mol. The summed E-state index contributed by atoms with van der Waals surface area (Å²) in [5, 5.41) is 4.20. The van der Waals surface area contributed by atoms with Gasteiger partial charge in [-0.3, -0.25) is 0 Å². The molecule has 5 heteroatoms.